The summed E-state index contributed by atoms with van der Waals surface area (Å²) < 4.78 is 0. The third kappa shape index (κ3) is 1.27. The molecule has 0 spiro atoms. The first-order chi connectivity index (χ1) is 7.95. The number of rotatable bonds is 0. The standard InChI is InChI=1S/C13H17ClN2O/c1-13-4-5-15(2)12(13)16(3)11-9(13)6-8(17)7-10(11)14/h6-7,12,17H,4-5H2,1-3H3/t12?,13-/m0/s1. The molecule has 1 aromatic rings. The minimum absolute atomic E-state index is 0.0706. The second-order valence-corrected chi connectivity index (χ2v) is 5.86. The van der Waals surface area contributed by atoms with Crippen molar-refractivity contribution in [2.75, 3.05) is 25.5 Å². The molecule has 3 rings (SSSR count). The maximum absolute atomic E-state index is 9.75. The maximum atomic E-state index is 9.75. The summed E-state index contributed by atoms with van der Waals surface area (Å²) >= 11 is 6.27. The van der Waals surface area contributed by atoms with Crippen molar-refractivity contribution in [1.82, 2.24) is 4.90 Å². The molecule has 92 valence electrons. The molecule has 2 aliphatic rings. The molecule has 0 aromatic heterocycles. The van der Waals surface area contributed by atoms with Gasteiger partial charge in [0.1, 0.15) is 5.75 Å². The Morgan fingerprint density at radius 3 is 2.82 bits per heavy atom. The molecule has 0 aliphatic carbocycles. The highest BCUT2D eigenvalue weighted by atomic mass is 35.5. The van der Waals surface area contributed by atoms with Crippen molar-refractivity contribution < 1.29 is 5.11 Å². The molecule has 4 heteroatoms. The fraction of sp³-hybridized carbons (Fsp3) is 0.538. The Labute approximate surface area is 107 Å². The van der Waals surface area contributed by atoms with Gasteiger partial charge in [0.05, 0.1) is 16.9 Å². The Hall–Kier alpha value is -0.930. The zero-order chi connectivity index (χ0) is 12.4. The summed E-state index contributed by atoms with van der Waals surface area (Å²) in [5, 5.41) is 10.4. The Morgan fingerprint density at radius 2 is 2.12 bits per heavy atom. The summed E-state index contributed by atoms with van der Waals surface area (Å²) in [6.45, 7) is 3.34. The van der Waals surface area contributed by atoms with Gasteiger partial charge in [-0.1, -0.05) is 18.5 Å². The molecule has 2 atom stereocenters. The highest BCUT2D eigenvalue weighted by Crippen LogP contribution is 2.54. The third-order valence-corrected chi connectivity index (χ3v) is 4.64. The lowest BCUT2D eigenvalue weighted by Gasteiger charge is -2.32. The van der Waals surface area contributed by atoms with E-state index in [9.17, 15) is 5.11 Å². The fourth-order valence-electron chi connectivity index (χ4n) is 3.64. The van der Waals surface area contributed by atoms with Crippen molar-refractivity contribution in [1.29, 1.82) is 0 Å². The van der Waals surface area contributed by atoms with Gasteiger partial charge in [0.2, 0.25) is 0 Å². The van der Waals surface area contributed by atoms with Crippen molar-refractivity contribution >= 4 is 17.3 Å². The lowest BCUT2D eigenvalue weighted by Crippen LogP contribution is -2.45. The molecule has 1 saturated heterocycles. The predicted molar refractivity (Wildman–Crippen MR) is 69.9 cm³/mol. The highest BCUT2D eigenvalue weighted by molar-refractivity contribution is 6.33. The molecule has 1 N–H and O–H groups in total. The smallest absolute Gasteiger partial charge is 0.117 e. The molecule has 0 bridgehead atoms. The number of likely N-dealkylation sites (N-methyl/N-ethyl adjacent to an activating group) is 2. The number of phenolic OH excluding ortho intramolecular Hbond substituents is 1. The molecule has 2 heterocycles. The van der Waals surface area contributed by atoms with E-state index in [-0.39, 0.29) is 11.2 Å². The fourth-order valence-corrected chi connectivity index (χ4v) is 3.99. The average molecular weight is 253 g/mol. The number of hydrogen-bond donors (Lipinski definition) is 1. The van der Waals surface area contributed by atoms with E-state index in [1.54, 1.807) is 6.07 Å². The minimum Gasteiger partial charge on any atom is -0.508 e. The van der Waals surface area contributed by atoms with Crippen LogP contribution in [-0.4, -0.2) is 36.8 Å². The highest BCUT2D eigenvalue weighted by Gasteiger charge is 2.52. The lowest BCUT2D eigenvalue weighted by molar-refractivity contribution is 0.268. The van der Waals surface area contributed by atoms with Crippen LogP contribution in [0.1, 0.15) is 18.9 Å². The first-order valence-corrected chi connectivity index (χ1v) is 6.29. The molecule has 2 aliphatic heterocycles. The summed E-state index contributed by atoms with van der Waals surface area (Å²) in [5.74, 6) is 0.263. The van der Waals surface area contributed by atoms with Gasteiger partial charge in [0.15, 0.2) is 0 Å². The molecule has 1 unspecified atom stereocenters. The van der Waals surface area contributed by atoms with Gasteiger partial charge in [-0.2, -0.15) is 0 Å². The van der Waals surface area contributed by atoms with Crippen LogP contribution in [0.5, 0.6) is 5.75 Å². The van der Waals surface area contributed by atoms with E-state index in [1.165, 1.54) is 5.56 Å². The van der Waals surface area contributed by atoms with Crippen molar-refractivity contribution in [3.8, 4) is 5.75 Å². The van der Waals surface area contributed by atoms with Crippen LogP contribution in [0, 0.1) is 0 Å². The van der Waals surface area contributed by atoms with Crippen molar-refractivity contribution in [3.63, 3.8) is 0 Å². The Bertz CT molecular complexity index is 491. The van der Waals surface area contributed by atoms with Gasteiger partial charge < -0.3 is 10.0 Å². The topological polar surface area (TPSA) is 26.7 Å². The minimum atomic E-state index is 0.0706. The van der Waals surface area contributed by atoms with E-state index < -0.39 is 0 Å². The van der Waals surface area contributed by atoms with Gasteiger partial charge in [0, 0.05) is 25.1 Å². The quantitative estimate of drug-likeness (QED) is 0.768. The summed E-state index contributed by atoms with van der Waals surface area (Å²) in [5.41, 5.74) is 2.32. The number of phenols is 1. The van der Waals surface area contributed by atoms with Crippen molar-refractivity contribution in [2.45, 2.75) is 24.9 Å². The SMILES string of the molecule is CN1CC[C@@]2(C)c3cc(O)cc(Cl)c3N(C)C12. The second kappa shape index (κ2) is 3.30. The van der Waals surface area contributed by atoms with Gasteiger partial charge in [-0.3, -0.25) is 4.90 Å². The number of likely N-dealkylation sites (tertiary alicyclic amines) is 1. The van der Waals surface area contributed by atoms with Crippen LogP contribution in [-0.2, 0) is 5.41 Å². The van der Waals surface area contributed by atoms with Crippen molar-refractivity contribution in [3.05, 3.63) is 22.7 Å². The summed E-state index contributed by atoms with van der Waals surface area (Å²) in [6.07, 6.45) is 1.45. The summed E-state index contributed by atoms with van der Waals surface area (Å²) in [4.78, 5) is 4.59. The predicted octanol–water partition coefficient (Wildman–Crippen LogP) is 2.41. The monoisotopic (exact) mass is 252 g/mol. The van der Waals surface area contributed by atoms with Crippen LogP contribution < -0.4 is 4.90 Å². The zero-order valence-electron chi connectivity index (χ0n) is 10.4. The molecule has 0 amide bonds. The Kier molecular flexibility index (Phi) is 2.17. The van der Waals surface area contributed by atoms with Crippen LogP contribution in [0.2, 0.25) is 5.02 Å². The number of nitrogens with zero attached hydrogens (tertiary/aromatic N) is 2. The number of halogens is 1. The number of aromatic hydroxyl groups is 1. The van der Waals surface area contributed by atoms with Crippen LogP contribution in [0.25, 0.3) is 0 Å². The number of benzene rings is 1. The van der Waals surface area contributed by atoms with Crippen molar-refractivity contribution in [2.24, 2.45) is 0 Å². The first kappa shape index (κ1) is 11.2. The van der Waals surface area contributed by atoms with Gasteiger partial charge in [0.25, 0.3) is 0 Å². The molecule has 1 fully saturated rings. The van der Waals surface area contributed by atoms with E-state index in [0.29, 0.717) is 11.2 Å². The molecule has 0 radical (unpaired) electrons. The van der Waals surface area contributed by atoms with E-state index in [2.05, 4.69) is 30.8 Å². The molecule has 17 heavy (non-hydrogen) atoms. The van der Waals surface area contributed by atoms with Crippen LogP contribution in [0.3, 0.4) is 0 Å². The van der Waals surface area contributed by atoms with E-state index >= 15 is 0 Å². The number of hydrogen-bond acceptors (Lipinski definition) is 3. The first-order valence-electron chi connectivity index (χ1n) is 5.91. The van der Waals surface area contributed by atoms with E-state index in [1.807, 2.05) is 6.07 Å². The van der Waals surface area contributed by atoms with E-state index in [0.717, 1.165) is 18.7 Å². The van der Waals surface area contributed by atoms with Gasteiger partial charge in [-0.05, 0) is 25.1 Å². The number of fused-ring (bicyclic) bond motifs is 3. The van der Waals surface area contributed by atoms with Gasteiger partial charge in [-0.25, -0.2) is 0 Å². The summed E-state index contributed by atoms with van der Waals surface area (Å²) in [7, 11) is 4.23. The van der Waals surface area contributed by atoms with Crippen LogP contribution >= 0.6 is 11.6 Å². The van der Waals surface area contributed by atoms with Gasteiger partial charge in [-0.15, -0.1) is 0 Å². The lowest BCUT2D eigenvalue weighted by atomic mass is 9.81. The molecule has 1 aromatic carbocycles. The Morgan fingerprint density at radius 1 is 1.41 bits per heavy atom. The number of anilines is 1. The zero-order valence-corrected chi connectivity index (χ0v) is 11.1. The van der Waals surface area contributed by atoms with Gasteiger partial charge >= 0.3 is 0 Å². The van der Waals surface area contributed by atoms with Crippen LogP contribution in [0.4, 0.5) is 5.69 Å². The second-order valence-electron chi connectivity index (χ2n) is 5.46. The van der Waals surface area contributed by atoms with E-state index in [4.69, 9.17) is 11.6 Å². The maximum Gasteiger partial charge on any atom is 0.117 e. The molecular formula is C13H17ClN2O. The summed E-state index contributed by atoms with van der Waals surface area (Å²) in [6, 6.07) is 3.50. The third-order valence-electron chi connectivity index (χ3n) is 4.35. The van der Waals surface area contributed by atoms with Crippen LogP contribution in [0.15, 0.2) is 12.1 Å². The largest absolute Gasteiger partial charge is 0.508 e. The normalized spacial score (nSPS) is 31.8. The average Bonchev–Trinajstić information content (AvgIpc) is 2.64. The Balaban J connectivity index is 2.25. The molecular weight excluding hydrogens is 236 g/mol. The molecule has 0 saturated carbocycles. The molecule has 3 nitrogen and oxygen atoms in total.